The predicted octanol–water partition coefficient (Wildman–Crippen LogP) is 3.14. The Labute approximate surface area is 124 Å². The molecule has 4 nitrogen and oxygen atoms in total. The second-order valence-electron chi connectivity index (χ2n) is 4.60. The van der Waals surface area contributed by atoms with Crippen molar-refractivity contribution < 1.29 is 9.59 Å². The number of benzene rings is 2. The number of rotatable bonds is 1. The molecule has 0 aliphatic carbocycles. The van der Waals surface area contributed by atoms with E-state index >= 15 is 0 Å². The SMILES string of the molecule is Cc1c(Br)cccc1N1C(=O)c2cccc(N)c2C1=O. The van der Waals surface area contributed by atoms with Crippen LogP contribution in [-0.4, -0.2) is 11.8 Å². The third-order valence-corrected chi connectivity index (χ3v) is 4.29. The highest BCUT2D eigenvalue weighted by Crippen LogP contribution is 2.35. The van der Waals surface area contributed by atoms with Crippen LogP contribution in [0.3, 0.4) is 0 Å². The fourth-order valence-electron chi connectivity index (χ4n) is 2.37. The molecular formula is C15H11BrN2O2. The maximum Gasteiger partial charge on any atom is 0.268 e. The number of imide groups is 1. The van der Waals surface area contributed by atoms with Gasteiger partial charge in [0.1, 0.15) is 0 Å². The average Bonchev–Trinajstić information content (AvgIpc) is 2.67. The number of hydrogen-bond acceptors (Lipinski definition) is 3. The lowest BCUT2D eigenvalue weighted by atomic mass is 10.1. The molecule has 5 heteroatoms. The van der Waals surface area contributed by atoms with Gasteiger partial charge in [0.05, 0.1) is 16.8 Å². The van der Waals surface area contributed by atoms with Gasteiger partial charge in [-0.25, -0.2) is 4.90 Å². The molecule has 0 spiro atoms. The van der Waals surface area contributed by atoms with Gasteiger partial charge in [-0.1, -0.05) is 28.1 Å². The summed E-state index contributed by atoms with van der Waals surface area (Å²) in [6.45, 7) is 1.85. The van der Waals surface area contributed by atoms with Crippen molar-refractivity contribution >= 4 is 39.1 Å². The predicted molar refractivity (Wildman–Crippen MR) is 80.9 cm³/mol. The van der Waals surface area contributed by atoms with E-state index in [2.05, 4.69) is 15.9 Å². The summed E-state index contributed by atoms with van der Waals surface area (Å²) in [6.07, 6.45) is 0. The summed E-state index contributed by atoms with van der Waals surface area (Å²) in [5.74, 6) is -0.706. The zero-order chi connectivity index (χ0) is 14.4. The van der Waals surface area contributed by atoms with Crippen molar-refractivity contribution in [2.75, 3.05) is 10.6 Å². The summed E-state index contributed by atoms with van der Waals surface area (Å²) in [4.78, 5) is 26.1. The summed E-state index contributed by atoms with van der Waals surface area (Å²) in [7, 11) is 0. The van der Waals surface area contributed by atoms with E-state index in [0.717, 1.165) is 10.0 Å². The number of carbonyl (C=O) groups excluding carboxylic acids is 2. The first-order chi connectivity index (χ1) is 9.52. The van der Waals surface area contributed by atoms with E-state index in [0.29, 0.717) is 16.9 Å². The molecule has 1 aliphatic heterocycles. The van der Waals surface area contributed by atoms with Gasteiger partial charge < -0.3 is 5.73 Å². The number of anilines is 2. The Kier molecular flexibility index (Phi) is 2.87. The van der Waals surface area contributed by atoms with Crippen molar-refractivity contribution in [3.63, 3.8) is 0 Å². The number of halogens is 1. The number of fused-ring (bicyclic) bond motifs is 1. The third kappa shape index (κ3) is 1.67. The monoisotopic (exact) mass is 330 g/mol. The molecule has 20 heavy (non-hydrogen) atoms. The van der Waals surface area contributed by atoms with E-state index in [-0.39, 0.29) is 17.4 Å². The lowest BCUT2D eigenvalue weighted by molar-refractivity contribution is 0.0926. The van der Waals surface area contributed by atoms with Crippen molar-refractivity contribution in [1.29, 1.82) is 0 Å². The van der Waals surface area contributed by atoms with Crippen molar-refractivity contribution in [3.05, 3.63) is 57.6 Å². The van der Waals surface area contributed by atoms with E-state index in [9.17, 15) is 9.59 Å². The van der Waals surface area contributed by atoms with Crippen LogP contribution in [0.1, 0.15) is 26.3 Å². The third-order valence-electron chi connectivity index (χ3n) is 3.43. The Morgan fingerprint density at radius 1 is 1.05 bits per heavy atom. The van der Waals surface area contributed by atoms with Crippen molar-refractivity contribution in [2.45, 2.75) is 6.92 Å². The first kappa shape index (κ1) is 12.9. The van der Waals surface area contributed by atoms with E-state index < -0.39 is 0 Å². The number of amides is 2. The van der Waals surface area contributed by atoms with E-state index in [1.165, 1.54) is 4.90 Å². The number of nitrogen functional groups attached to an aromatic ring is 1. The van der Waals surface area contributed by atoms with Gasteiger partial charge in [-0.15, -0.1) is 0 Å². The number of nitrogens with zero attached hydrogens (tertiary/aromatic N) is 1. The highest BCUT2D eigenvalue weighted by Gasteiger charge is 2.38. The Morgan fingerprint density at radius 3 is 2.45 bits per heavy atom. The molecule has 0 atom stereocenters. The van der Waals surface area contributed by atoms with Crippen LogP contribution >= 0.6 is 15.9 Å². The van der Waals surface area contributed by atoms with Crippen LogP contribution < -0.4 is 10.6 Å². The highest BCUT2D eigenvalue weighted by atomic mass is 79.9. The summed E-state index contributed by atoms with van der Waals surface area (Å²) >= 11 is 3.41. The van der Waals surface area contributed by atoms with Crippen molar-refractivity contribution in [1.82, 2.24) is 0 Å². The molecule has 2 amide bonds. The molecule has 0 saturated carbocycles. The molecule has 0 radical (unpaired) electrons. The first-order valence-corrected chi connectivity index (χ1v) is 6.84. The molecule has 0 aromatic heterocycles. The van der Waals surface area contributed by atoms with Gasteiger partial charge in [0.2, 0.25) is 0 Å². The van der Waals surface area contributed by atoms with Crippen LogP contribution in [-0.2, 0) is 0 Å². The summed E-state index contributed by atoms with van der Waals surface area (Å²) in [5, 5.41) is 0. The molecule has 100 valence electrons. The van der Waals surface area contributed by atoms with Crippen LogP contribution in [0.4, 0.5) is 11.4 Å². The fourth-order valence-corrected chi connectivity index (χ4v) is 2.72. The Balaban J connectivity index is 2.20. The minimum absolute atomic E-state index is 0.289. The van der Waals surface area contributed by atoms with Crippen molar-refractivity contribution in [2.24, 2.45) is 0 Å². The topological polar surface area (TPSA) is 63.4 Å². The molecule has 0 saturated heterocycles. The van der Waals surface area contributed by atoms with E-state index in [1.807, 2.05) is 13.0 Å². The minimum atomic E-state index is -0.371. The summed E-state index contributed by atoms with van der Waals surface area (Å²) in [6, 6.07) is 10.3. The molecule has 2 aromatic carbocycles. The quantitative estimate of drug-likeness (QED) is 0.645. The molecule has 2 N–H and O–H groups in total. The molecule has 3 rings (SSSR count). The Morgan fingerprint density at radius 2 is 1.75 bits per heavy atom. The smallest absolute Gasteiger partial charge is 0.268 e. The van der Waals surface area contributed by atoms with Crippen LogP contribution in [0.15, 0.2) is 40.9 Å². The standard InChI is InChI=1S/C15H11BrN2O2/c1-8-10(16)5-3-7-12(8)18-14(19)9-4-2-6-11(17)13(9)15(18)20/h2-7H,17H2,1H3. The van der Waals surface area contributed by atoms with Crippen LogP contribution in [0, 0.1) is 6.92 Å². The summed E-state index contributed by atoms with van der Waals surface area (Å²) in [5.41, 5.74) is 8.21. The molecule has 0 unspecified atom stereocenters. The normalized spacial score (nSPS) is 13.8. The maximum absolute atomic E-state index is 12.5. The van der Waals surface area contributed by atoms with Gasteiger partial charge >= 0.3 is 0 Å². The second kappa shape index (κ2) is 4.45. The zero-order valence-corrected chi connectivity index (χ0v) is 12.3. The van der Waals surface area contributed by atoms with Gasteiger partial charge in [0, 0.05) is 10.2 Å². The summed E-state index contributed by atoms with van der Waals surface area (Å²) < 4.78 is 0.847. The van der Waals surface area contributed by atoms with Gasteiger partial charge in [-0.05, 0) is 36.8 Å². The van der Waals surface area contributed by atoms with Gasteiger partial charge in [-0.3, -0.25) is 9.59 Å². The minimum Gasteiger partial charge on any atom is -0.398 e. The number of hydrogen-bond donors (Lipinski definition) is 1. The second-order valence-corrected chi connectivity index (χ2v) is 5.45. The zero-order valence-electron chi connectivity index (χ0n) is 10.7. The Bertz CT molecular complexity index is 756. The van der Waals surface area contributed by atoms with Crippen molar-refractivity contribution in [3.8, 4) is 0 Å². The highest BCUT2D eigenvalue weighted by molar-refractivity contribution is 9.10. The molecule has 0 bridgehead atoms. The van der Waals surface area contributed by atoms with Crippen LogP contribution in [0.2, 0.25) is 0 Å². The Hall–Kier alpha value is -2.14. The first-order valence-electron chi connectivity index (χ1n) is 6.04. The maximum atomic E-state index is 12.5. The van der Waals surface area contributed by atoms with Gasteiger partial charge in [0.25, 0.3) is 11.8 Å². The average molecular weight is 331 g/mol. The number of carbonyl (C=O) groups is 2. The van der Waals surface area contributed by atoms with Gasteiger partial charge in [-0.2, -0.15) is 0 Å². The molecular weight excluding hydrogens is 320 g/mol. The lowest BCUT2D eigenvalue weighted by Crippen LogP contribution is -2.30. The van der Waals surface area contributed by atoms with E-state index in [4.69, 9.17) is 5.73 Å². The fraction of sp³-hybridized carbons (Fsp3) is 0.0667. The van der Waals surface area contributed by atoms with Gasteiger partial charge in [0.15, 0.2) is 0 Å². The molecule has 2 aromatic rings. The molecule has 1 heterocycles. The lowest BCUT2D eigenvalue weighted by Gasteiger charge is -2.17. The van der Waals surface area contributed by atoms with E-state index in [1.54, 1.807) is 30.3 Å². The van der Waals surface area contributed by atoms with Crippen LogP contribution in [0.25, 0.3) is 0 Å². The van der Waals surface area contributed by atoms with Crippen LogP contribution in [0.5, 0.6) is 0 Å². The molecule has 1 aliphatic rings. The number of nitrogens with two attached hydrogens (primary N) is 1. The molecule has 0 fully saturated rings. The largest absolute Gasteiger partial charge is 0.398 e.